The van der Waals surface area contributed by atoms with E-state index >= 15 is 0 Å². The van der Waals surface area contributed by atoms with Crippen molar-refractivity contribution in [2.45, 2.75) is 122 Å². The number of hydrogen-bond acceptors (Lipinski definition) is 8. The Balaban J connectivity index is 1.26. The molecule has 0 bridgehead atoms. The van der Waals surface area contributed by atoms with Gasteiger partial charge in [0.15, 0.2) is 11.6 Å². The van der Waals surface area contributed by atoms with Crippen molar-refractivity contribution in [3.63, 3.8) is 0 Å². The van der Waals surface area contributed by atoms with Crippen molar-refractivity contribution in [1.29, 1.82) is 0 Å². The van der Waals surface area contributed by atoms with Crippen molar-refractivity contribution >= 4 is 58.3 Å². The lowest BCUT2D eigenvalue weighted by atomic mass is 9.70. The highest BCUT2D eigenvalue weighted by Crippen LogP contribution is 2.56. The second-order valence-corrected chi connectivity index (χ2v) is 18.0. The Kier molecular flexibility index (Phi) is 13.5. The third-order valence-electron chi connectivity index (χ3n) is 11.8. The van der Waals surface area contributed by atoms with Crippen LogP contribution in [0.3, 0.4) is 0 Å². The first-order chi connectivity index (χ1) is 27.8. The highest BCUT2D eigenvalue weighted by molar-refractivity contribution is 7.16. The molecule has 298 valence electrons. The summed E-state index contributed by atoms with van der Waals surface area (Å²) in [5, 5.41) is 0. The summed E-state index contributed by atoms with van der Waals surface area (Å²) in [5.41, 5.74) is 7.83. The Morgan fingerprint density at radius 2 is 0.965 bits per heavy atom. The maximum Gasteiger partial charge on any atom is 0.341 e. The lowest BCUT2D eigenvalue weighted by molar-refractivity contribution is -0.146. The molecule has 0 unspecified atom stereocenters. The van der Waals surface area contributed by atoms with Gasteiger partial charge in [-0.25, -0.2) is 9.59 Å². The number of carbonyl (C=O) groups is 4. The number of benzene rings is 2. The van der Waals surface area contributed by atoms with Crippen molar-refractivity contribution < 1.29 is 28.7 Å². The predicted molar refractivity (Wildman–Crippen MR) is 232 cm³/mol. The second-order valence-electron chi connectivity index (χ2n) is 15.8. The third-order valence-corrected chi connectivity index (χ3v) is 14.0. The molecule has 4 heterocycles. The lowest BCUT2D eigenvalue weighted by Gasteiger charge is -2.33. The summed E-state index contributed by atoms with van der Waals surface area (Å²) in [6.45, 7) is 4.83. The highest BCUT2D eigenvalue weighted by Gasteiger charge is 2.43. The number of rotatable bonds is 18. The van der Waals surface area contributed by atoms with Crippen LogP contribution in [-0.2, 0) is 34.1 Å². The minimum Gasteiger partial charge on any atom is -0.462 e. The van der Waals surface area contributed by atoms with Crippen LogP contribution >= 0.6 is 22.7 Å². The molecule has 0 atom stereocenters. The van der Waals surface area contributed by atoms with Gasteiger partial charge in [-0.1, -0.05) is 115 Å². The molecule has 6 nitrogen and oxygen atoms in total. The minimum absolute atomic E-state index is 0.131. The van der Waals surface area contributed by atoms with Crippen LogP contribution in [-0.4, -0.2) is 36.7 Å². The molecule has 2 saturated heterocycles. The van der Waals surface area contributed by atoms with Crippen LogP contribution in [0.15, 0.2) is 71.8 Å². The number of cyclic esters (lactones) is 2. The fourth-order valence-electron chi connectivity index (χ4n) is 8.74. The van der Waals surface area contributed by atoms with Gasteiger partial charge in [-0.15, -0.1) is 22.7 Å². The Bertz CT molecular complexity index is 1990. The fraction of sp³-hybridized carbons (Fsp3) is 0.429. The van der Waals surface area contributed by atoms with E-state index in [9.17, 15) is 19.2 Å². The van der Waals surface area contributed by atoms with Gasteiger partial charge in [0, 0.05) is 37.8 Å². The number of fused-ring (bicyclic) bond motifs is 3. The van der Waals surface area contributed by atoms with Gasteiger partial charge in [0.05, 0.1) is 13.2 Å². The number of carbonyl (C=O) groups excluding carboxylic acids is 4. The molecule has 4 aromatic rings. The quantitative estimate of drug-likeness (QED) is 0.0431. The normalized spacial score (nSPS) is 17.6. The standard InChI is InChI=1S/C49H54O6S2/c1-3-5-7-9-11-13-25-49(26-14-12-10-8-6-4-2)41-29-33(45-21-17-35(56-45)31-39-43(50)23-27-54-47(39)52)15-19-37(41)38-20-16-34(30-42(38)49)46-22-18-36(57-46)32-40-44(51)24-28-55-48(40)53/h15-22,29-32H,3-14,23-28H2,1-2H3/b39-31-,40-32-. The molecule has 8 heteroatoms. The zero-order chi connectivity index (χ0) is 39.8. The number of ether oxygens (including phenoxy) is 2. The second kappa shape index (κ2) is 18.9. The number of ketones is 2. The third kappa shape index (κ3) is 9.18. The predicted octanol–water partition coefficient (Wildman–Crippen LogP) is 12.7. The van der Waals surface area contributed by atoms with E-state index in [0.717, 1.165) is 56.3 Å². The molecule has 57 heavy (non-hydrogen) atoms. The summed E-state index contributed by atoms with van der Waals surface area (Å²) in [4.78, 5) is 53.8. The Morgan fingerprint density at radius 3 is 1.39 bits per heavy atom. The Hall–Kier alpha value is -4.40. The van der Waals surface area contributed by atoms with E-state index in [2.05, 4.69) is 62.4 Å². The number of unbranched alkanes of at least 4 members (excludes halogenated alkanes) is 10. The van der Waals surface area contributed by atoms with E-state index in [4.69, 9.17) is 9.47 Å². The Labute approximate surface area is 345 Å². The molecule has 1 aliphatic carbocycles. The average Bonchev–Trinajstić information content (AvgIpc) is 3.95. The summed E-state index contributed by atoms with van der Waals surface area (Å²) < 4.78 is 10.3. The van der Waals surface area contributed by atoms with Crippen LogP contribution in [0.5, 0.6) is 0 Å². The Morgan fingerprint density at radius 1 is 0.544 bits per heavy atom. The molecule has 0 amide bonds. The zero-order valence-electron chi connectivity index (χ0n) is 33.4. The van der Waals surface area contributed by atoms with Crippen LogP contribution < -0.4 is 0 Å². The molecule has 2 aromatic heterocycles. The van der Waals surface area contributed by atoms with Gasteiger partial charge in [0.1, 0.15) is 11.1 Å². The molecule has 0 radical (unpaired) electrons. The van der Waals surface area contributed by atoms with Crippen molar-refractivity contribution in [1.82, 2.24) is 0 Å². The molecule has 2 fully saturated rings. The van der Waals surface area contributed by atoms with E-state index in [-0.39, 0.29) is 54.2 Å². The van der Waals surface area contributed by atoms with Gasteiger partial charge in [-0.05, 0) is 94.8 Å². The molecule has 7 rings (SSSR count). The molecule has 2 aromatic carbocycles. The number of Topliss-reactive ketones (excluding diaryl/α,β-unsaturated/α-hetero) is 2. The fourth-order valence-corrected chi connectivity index (χ4v) is 10.6. The first-order valence-electron chi connectivity index (χ1n) is 21.1. The van der Waals surface area contributed by atoms with Crippen molar-refractivity contribution in [2.24, 2.45) is 0 Å². The largest absolute Gasteiger partial charge is 0.462 e. The SMILES string of the molecule is CCCCCCCCC1(CCCCCCCC)c2cc(-c3ccc(/C=C4/C(=O)CCOC4=O)s3)ccc2-c2ccc(-c3ccc(/C=C4/C(=O)CCOC4=O)s3)cc21. The number of hydrogen-bond donors (Lipinski definition) is 0. The molecule has 2 aliphatic heterocycles. The number of thiophene rings is 2. The molecule has 0 spiro atoms. The highest BCUT2D eigenvalue weighted by atomic mass is 32.1. The summed E-state index contributed by atoms with van der Waals surface area (Å²) in [7, 11) is 0. The zero-order valence-corrected chi connectivity index (χ0v) is 35.1. The summed E-state index contributed by atoms with van der Waals surface area (Å²) >= 11 is 3.19. The van der Waals surface area contributed by atoms with Gasteiger partial charge < -0.3 is 9.47 Å². The summed E-state index contributed by atoms with van der Waals surface area (Å²) in [5.74, 6) is -1.40. The van der Waals surface area contributed by atoms with Crippen LogP contribution in [0.1, 0.15) is 137 Å². The van der Waals surface area contributed by atoms with E-state index in [1.54, 1.807) is 34.8 Å². The first kappa shape index (κ1) is 40.8. The molecular formula is C49H54O6S2. The van der Waals surface area contributed by atoms with Crippen LogP contribution in [0.4, 0.5) is 0 Å². The van der Waals surface area contributed by atoms with Gasteiger partial charge >= 0.3 is 11.9 Å². The average molecular weight is 803 g/mol. The van der Waals surface area contributed by atoms with Gasteiger partial charge in [0.2, 0.25) is 0 Å². The van der Waals surface area contributed by atoms with E-state index in [0.29, 0.717) is 0 Å². The first-order valence-corrected chi connectivity index (χ1v) is 22.8. The maximum atomic E-state index is 12.5. The van der Waals surface area contributed by atoms with E-state index in [1.807, 2.05) is 12.1 Å². The van der Waals surface area contributed by atoms with Gasteiger partial charge in [0.25, 0.3) is 0 Å². The van der Waals surface area contributed by atoms with Gasteiger partial charge in [-0.3, -0.25) is 9.59 Å². The number of esters is 2. The van der Waals surface area contributed by atoms with Crippen molar-refractivity contribution in [2.75, 3.05) is 13.2 Å². The minimum atomic E-state index is -0.537. The molecule has 3 aliphatic rings. The lowest BCUT2D eigenvalue weighted by Crippen LogP contribution is -2.25. The smallest absolute Gasteiger partial charge is 0.341 e. The molecule has 0 N–H and O–H groups in total. The molecular weight excluding hydrogens is 749 g/mol. The van der Waals surface area contributed by atoms with Crippen molar-refractivity contribution in [3.05, 3.63) is 92.7 Å². The topological polar surface area (TPSA) is 86.7 Å². The van der Waals surface area contributed by atoms with Crippen molar-refractivity contribution in [3.8, 4) is 32.0 Å². The summed E-state index contributed by atoms with van der Waals surface area (Å²) in [6, 6.07) is 22.1. The summed E-state index contributed by atoms with van der Waals surface area (Å²) in [6.07, 6.45) is 20.9. The monoisotopic (exact) mass is 802 g/mol. The van der Waals surface area contributed by atoms with Crippen LogP contribution in [0.2, 0.25) is 0 Å². The maximum absolute atomic E-state index is 12.5. The van der Waals surface area contributed by atoms with Crippen LogP contribution in [0.25, 0.3) is 44.2 Å². The van der Waals surface area contributed by atoms with E-state index < -0.39 is 11.9 Å². The van der Waals surface area contributed by atoms with E-state index in [1.165, 1.54) is 86.5 Å². The van der Waals surface area contributed by atoms with Crippen LogP contribution in [0, 0.1) is 0 Å². The molecule has 0 saturated carbocycles. The van der Waals surface area contributed by atoms with Gasteiger partial charge in [-0.2, -0.15) is 0 Å².